The Bertz CT molecular complexity index is 609. The Morgan fingerprint density at radius 1 is 0.800 bits per heavy atom. The van der Waals surface area contributed by atoms with E-state index in [1.807, 2.05) is 12.1 Å². The summed E-state index contributed by atoms with van der Waals surface area (Å²) in [4.78, 5) is 0. The van der Waals surface area contributed by atoms with Crippen LogP contribution < -0.4 is 15.2 Å². The van der Waals surface area contributed by atoms with Gasteiger partial charge in [0.05, 0.1) is 19.3 Å². The fourth-order valence-corrected chi connectivity index (χ4v) is 2.99. The highest BCUT2D eigenvalue weighted by Gasteiger charge is 2.18. The number of hydrogen-bond acceptors (Lipinski definition) is 3. The first-order valence-corrected chi connectivity index (χ1v) is 7.08. The number of nitrogens with two attached hydrogens (primary N) is 1. The third-order valence-corrected chi connectivity index (χ3v) is 4.15. The molecule has 20 heavy (non-hydrogen) atoms. The van der Waals surface area contributed by atoms with Crippen molar-refractivity contribution in [2.24, 2.45) is 5.73 Å². The highest BCUT2D eigenvalue weighted by Crippen LogP contribution is 2.32. The Labute approximate surface area is 118 Å². The average molecular weight is 267 g/mol. The van der Waals surface area contributed by atoms with Crippen molar-refractivity contribution in [3.8, 4) is 11.5 Å². The van der Waals surface area contributed by atoms with E-state index < -0.39 is 0 Å². The van der Waals surface area contributed by atoms with E-state index in [4.69, 9.17) is 15.2 Å². The van der Waals surface area contributed by atoms with E-state index in [0.29, 0.717) is 0 Å². The summed E-state index contributed by atoms with van der Waals surface area (Å²) in [5.41, 5.74) is 11.2. The van der Waals surface area contributed by atoms with E-state index in [9.17, 15) is 0 Å². The van der Waals surface area contributed by atoms with Crippen LogP contribution in [0.1, 0.15) is 28.3 Å². The van der Waals surface area contributed by atoms with Crippen LogP contribution in [-0.4, -0.2) is 13.2 Å². The van der Waals surface area contributed by atoms with Crippen molar-refractivity contribution in [3.05, 3.63) is 58.7 Å². The maximum Gasteiger partial charge on any atom is 0.122 e. The fraction of sp³-hybridized carbons (Fsp3) is 0.294. The topological polar surface area (TPSA) is 44.5 Å². The Hall–Kier alpha value is -2.00. The molecule has 3 heteroatoms. The summed E-state index contributed by atoms with van der Waals surface area (Å²) in [7, 11) is 0. The highest BCUT2D eigenvalue weighted by molar-refractivity contribution is 5.46. The van der Waals surface area contributed by atoms with Gasteiger partial charge in [-0.1, -0.05) is 24.3 Å². The molecule has 0 spiro atoms. The summed E-state index contributed by atoms with van der Waals surface area (Å²) < 4.78 is 11.1. The van der Waals surface area contributed by atoms with E-state index in [1.165, 1.54) is 11.1 Å². The minimum atomic E-state index is -0.0909. The molecule has 2 aromatic rings. The van der Waals surface area contributed by atoms with Crippen LogP contribution in [0, 0.1) is 0 Å². The minimum absolute atomic E-state index is 0.0909. The molecule has 2 heterocycles. The predicted octanol–water partition coefficient (Wildman–Crippen LogP) is 2.60. The van der Waals surface area contributed by atoms with Crippen LogP contribution >= 0.6 is 0 Å². The zero-order chi connectivity index (χ0) is 13.5. The third-order valence-electron chi connectivity index (χ3n) is 4.15. The zero-order valence-corrected chi connectivity index (χ0v) is 11.3. The predicted molar refractivity (Wildman–Crippen MR) is 77.3 cm³/mol. The lowest BCUT2D eigenvalue weighted by molar-refractivity contribution is 0.356. The minimum Gasteiger partial charge on any atom is -0.493 e. The number of ether oxygens (including phenoxy) is 2. The summed E-state index contributed by atoms with van der Waals surface area (Å²) in [6, 6.07) is 12.5. The molecule has 3 nitrogen and oxygen atoms in total. The van der Waals surface area contributed by atoms with Crippen molar-refractivity contribution in [1.82, 2.24) is 0 Å². The van der Waals surface area contributed by atoms with Crippen LogP contribution in [0.3, 0.4) is 0 Å². The smallest absolute Gasteiger partial charge is 0.122 e. The quantitative estimate of drug-likeness (QED) is 0.909. The number of hydrogen-bond donors (Lipinski definition) is 1. The molecule has 2 aromatic carbocycles. The Morgan fingerprint density at radius 2 is 1.30 bits per heavy atom. The van der Waals surface area contributed by atoms with Crippen LogP contribution in [0.25, 0.3) is 0 Å². The largest absolute Gasteiger partial charge is 0.493 e. The van der Waals surface area contributed by atoms with Gasteiger partial charge < -0.3 is 15.2 Å². The van der Waals surface area contributed by atoms with Crippen LogP contribution in [-0.2, 0) is 12.8 Å². The van der Waals surface area contributed by atoms with Crippen molar-refractivity contribution in [1.29, 1.82) is 0 Å². The first-order chi connectivity index (χ1) is 9.81. The van der Waals surface area contributed by atoms with Gasteiger partial charge in [-0.05, 0) is 34.4 Å². The fourth-order valence-electron chi connectivity index (χ4n) is 2.99. The van der Waals surface area contributed by atoms with Gasteiger partial charge in [0.1, 0.15) is 11.5 Å². The molecule has 4 rings (SSSR count). The molecule has 2 aliphatic rings. The second-order valence-electron chi connectivity index (χ2n) is 5.41. The standard InChI is InChI=1S/C17H17NO2/c18-17(13-1-3-15-11(9-13)5-7-19-15)14-2-4-16-12(10-14)6-8-20-16/h1-4,9-10,17H,5-8,18H2. The van der Waals surface area contributed by atoms with Crippen molar-refractivity contribution >= 4 is 0 Å². The van der Waals surface area contributed by atoms with E-state index in [-0.39, 0.29) is 6.04 Å². The molecule has 0 bridgehead atoms. The second-order valence-corrected chi connectivity index (χ2v) is 5.41. The van der Waals surface area contributed by atoms with Crippen LogP contribution in [0.5, 0.6) is 11.5 Å². The van der Waals surface area contributed by atoms with Crippen molar-refractivity contribution < 1.29 is 9.47 Å². The Morgan fingerprint density at radius 3 is 1.80 bits per heavy atom. The van der Waals surface area contributed by atoms with Gasteiger partial charge in [-0.25, -0.2) is 0 Å². The van der Waals surface area contributed by atoms with Crippen LogP contribution in [0.15, 0.2) is 36.4 Å². The number of benzene rings is 2. The molecule has 0 aliphatic carbocycles. The van der Waals surface area contributed by atoms with Gasteiger partial charge >= 0.3 is 0 Å². The molecule has 0 atom stereocenters. The van der Waals surface area contributed by atoms with Gasteiger partial charge in [-0.3, -0.25) is 0 Å². The normalized spacial score (nSPS) is 15.7. The molecule has 2 N–H and O–H groups in total. The van der Waals surface area contributed by atoms with Crippen molar-refractivity contribution in [2.75, 3.05) is 13.2 Å². The van der Waals surface area contributed by atoms with E-state index in [0.717, 1.165) is 48.7 Å². The summed E-state index contributed by atoms with van der Waals surface area (Å²) in [5.74, 6) is 2.01. The van der Waals surface area contributed by atoms with Gasteiger partial charge in [-0.15, -0.1) is 0 Å². The van der Waals surface area contributed by atoms with Gasteiger partial charge in [0.2, 0.25) is 0 Å². The molecule has 0 aromatic heterocycles. The lowest BCUT2D eigenvalue weighted by Gasteiger charge is -2.14. The van der Waals surface area contributed by atoms with Gasteiger partial charge in [-0.2, -0.15) is 0 Å². The zero-order valence-electron chi connectivity index (χ0n) is 11.3. The molecule has 0 saturated heterocycles. The van der Waals surface area contributed by atoms with E-state index in [1.54, 1.807) is 0 Å². The molecular formula is C17H17NO2. The molecule has 2 aliphatic heterocycles. The summed E-state index contributed by atoms with van der Waals surface area (Å²) in [6.45, 7) is 1.56. The molecule has 0 unspecified atom stereocenters. The molecule has 0 amide bonds. The lowest BCUT2D eigenvalue weighted by atomic mass is 9.95. The first kappa shape index (κ1) is 11.8. The summed E-state index contributed by atoms with van der Waals surface area (Å²) in [6.07, 6.45) is 1.96. The van der Waals surface area contributed by atoms with Gasteiger partial charge in [0.15, 0.2) is 0 Å². The highest BCUT2D eigenvalue weighted by atomic mass is 16.5. The third kappa shape index (κ3) is 1.86. The first-order valence-electron chi connectivity index (χ1n) is 7.08. The number of rotatable bonds is 2. The lowest BCUT2D eigenvalue weighted by Crippen LogP contribution is -2.12. The van der Waals surface area contributed by atoms with Crippen LogP contribution in [0.2, 0.25) is 0 Å². The number of fused-ring (bicyclic) bond motifs is 2. The maximum atomic E-state index is 6.42. The summed E-state index contributed by atoms with van der Waals surface area (Å²) >= 11 is 0. The van der Waals surface area contributed by atoms with Gasteiger partial charge in [0, 0.05) is 12.8 Å². The van der Waals surface area contributed by atoms with E-state index >= 15 is 0 Å². The Balaban J connectivity index is 1.68. The monoisotopic (exact) mass is 267 g/mol. The molecule has 0 saturated carbocycles. The SMILES string of the molecule is NC(c1ccc2c(c1)CCO2)c1ccc2c(c1)CCO2. The molecule has 102 valence electrons. The Kier molecular flexibility index (Phi) is 2.67. The van der Waals surface area contributed by atoms with Crippen molar-refractivity contribution in [2.45, 2.75) is 18.9 Å². The molecular weight excluding hydrogens is 250 g/mol. The maximum absolute atomic E-state index is 6.42. The van der Waals surface area contributed by atoms with Gasteiger partial charge in [0.25, 0.3) is 0 Å². The van der Waals surface area contributed by atoms with Crippen molar-refractivity contribution in [3.63, 3.8) is 0 Å². The average Bonchev–Trinajstić information content (AvgIpc) is 3.13. The molecule has 0 fully saturated rings. The second kappa shape index (κ2) is 4.53. The summed E-state index contributed by atoms with van der Waals surface area (Å²) in [5, 5.41) is 0. The van der Waals surface area contributed by atoms with E-state index in [2.05, 4.69) is 24.3 Å². The van der Waals surface area contributed by atoms with Crippen LogP contribution in [0.4, 0.5) is 0 Å². The molecule has 0 radical (unpaired) electrons.